The summed E-state index contributed by atoms with van der Waals surface area (Å²) in [6.07, 6.45) is 27.5. The zero-order valence-electron chi connectivity index (χ0n) is 17.6. The lowest BCUT2D eigenvalue weighted by Gasteiger charge is -2.18. The second-order valence-electron chi connectivity index (χ2n) is 8.08. The van der Waals surface area contributed by atoms with Crippen molar-refractivity contribution in [1.29, 1.82) is 0 Å². The summed E-state index contributed by atoms with van der Waals surface area (Å²) in [5.74, 6) is 1.75. The van der Waals surface area contributed by atoms with Gasteiger partial charge in [0.05, 0.1) is 0 Å². The predicted molar refractivity (Wildman–Crippen MR) is 113 cm³/mol. The molecule has 0 aromatic rings. The van der Waals surface area contributed by atoms with Crippen LogP contribution in [0.1, 0.15) is 130 Å². The van der Waals surface area contributed by atoms with Crippen LogP contribution in [0.15, 0.2) is 12.2 Å². The van der Waals surface area contributed by atoms with Crippen molar-refractivity contribution in [3.05, 3.63) is 12.2 Å². The predicted octanol–water partition coefficient (Wildman–Crippen LogP) is 9.10. The van der Waals surface area contributed by atoms with Crippen LogP contribution >= 0.6 is 0 Å². The molecule has 2 atom stereocenters. The Morgan fingerprint density at radius 1 is 0.625 bits per heavy atom. The van der Waals surface area contributed by atoms with Crippen molar-refractivity contribution >= 4 is 0 Å². The summed E-state index contributed by atoms with van der Waals surface area (Å²) >= 11 is 0. The van der Waals surface area contributed by atoms with E-state index in [9.17, 15) is 0 Å². The molecule has 2 unspecified atom stereocenters. The van der Waals surface area contributed by atoms with E-state index < -0.39 is 0 Å². The largest absolute Gasteiger partial charge is 0.0883 e. The molecule has 0 heterocycles. The van der Waals surface area contributed by atoms with Gasteiger partial charge in [-0.1, -0.05) is 117 Å². The van der Waals surface area contributed by atoms with E-state index in [2.05, 4.69) is 39.8 Å². The van der Waals surface area contributed by atoms with Gasteiger partial charge in [0.15, 0.2) is 0 Å². The van der Waals surface area contributed by atoms with Crippen molar-refractivity contribution in [3.8, 4) is 0 Å². The monoisotopic (exact) mass is 336 g/mol. The van der Waals surface area contributed by atoms with Crippen molar-refractivity contribution in [1.82, 2.24) is 0 Å². The first-order chi connectivity index (χ1) is 11.7. The fourth-order valence-corrected chi connectivity index (χ4v) is 3.66. The fraction of sp³-hybridized carbons (Fsp3) is 0.917. The summed E-state index contributed by atoms with van der Waals surface area (Å²) in [5, 5.41) is 0. The Labute approximate surface area is 154 Å². The molecule has 0 aromatic heterocycles. The third kappa shape index (κ3) is 16.6. The Morgan fingerprint density at radius 3 is 1.75 bits per heavy atom. The molecule has 0 aliphatic carbocycles. The van der Waals surface area contributed by atoms with Crippen LogP contribution in [-0.4, -0.2) is 0 Å². The van der Waals surface area contributed by atoms with E-state index in [4.69, 9.17) is 0 Å². The van der Waals surface area contributed by atoms with Crippen LogP contribution in [0.4, 0.5) is 0 Å². The molecular formula is C24H48. The van der Waals surface area contributed by atoms with Gasteiger partial charge in [-0.2, -0.15) is 0 Å². The SMILES string of the molecule is CCCCCCC=CC(CCCCCC)CC(C)CCCCCC. The first kappa shape index (κ1) is 23.7. The van der Waals surface area contributed by atoms with Crippen molar-refractivity contribution < 1.29 is 0 Å². The Bertz CT molecular complexity index is 253. The third-order valence-electron chi connectivity index (χ3n) is 5.32. The summed E-state index contributed by atoms with van der Waals surface area (Å²) < 4.78 is 0. The van der Waals surface area contributed by atoms with Gasteiger partial charge in [-0.05, 0) is 37.5 Å². The highest BCUT2D eigenvalue weighted by Crippen LogP contribution is 2.24. The fourth-order valence-electron chi connectivity index (χ4n) is 3.66. The molecule has 0 N–H and O–H groups in total. The number of hydrogen-bond donors (Lipinski definition) is 0. The molecule has 0 aromatic carbocycles. The average Bonchev–Trinajstić information content (AvgIpc) is 2.58. The quantitative estimate of drug-likeness (QED) is 0.173. The molecule has 0 fully saturated rings. The van der Waals surface area contributed by atoms with Crippen LogP contribution < -0.4 is 0 Å². The third-order valence-corrected chi connectivity index (χ3v) is 5.32. The zero-order valence-corrected chi connectivity index (χ0v) is 17.6. The number of unbranched alkanes of at least 4 members (excludes halogenated alkanes) is 10. The van der Waals surface area contributed by atoms with Crippen molar-refractivity contribution in [2.24, 2.45) is 11.8 Å². The lowest BCUT2D eigenvalue weighted by molar-refractivity contribution is 0.381. The second kappa shape index (κ2) is 19.1. The van der Waals surface area contributed by atoms with E-state index in [1.165, 1.54) is 103 Å². The molecule has 0 aliphatic rings. The molecule has 0 nitrogen and oxygen atoms in total. The van der Waals surface area contributed by atoms with E-state index in [1.54, 1.807) is 0 Å². The maximum atomic E-state index is 2.58. The minimum absolute atomic E-state index is 0.842. The van der Waals surface area contributed by atoms with E-state index in [0.29, 0.717) is 0 Å². The van der Waals surface area contributed by atoms with Crippen LogP contribution in [0.3, 0.4) is 0 Å². The number of hydrogen-bond acceptors (Lipinski definition) is 0. The normalized spacial score (nSPS) is 14.3. The van der Waals surface area contributed by atoms with Gasteiger partial charge in [-0.25, -0.2) is 0 Å². The van der Waals surface area contributed by atoms with Gasteiger partial charge in [-0.15, -0.1) is 0 Å². The summed E-state index contributed by atoms with van der Waals surface area (Å²) in [6, 6.07) is 0. The Kier molecular flexibility index (Phi) is 18.9. The van der Waals surface area contributed by atoms with Crippen LogP contribution in [-0.2, 0) is 0 Å². The highest BCUT2D eigenvalue weighted by Gasteiger charge is 2.10. The molecule has 0 saturated carbocycles. The molecule has 0 spiro atoms. The molecule has 0 rings (SSSR count). The molecule has 0 amide bonds. The average molecular weight is 337 g/mol. The van der Waals surface area contributed by atoms with E-state index in [-0.39, 0.29) is 0 Å². The Balaban J connectivity index is 4.07. The van der Waals surface area contributed by atoms with Gasteiger partial charge in [0.1, 0.15) is 0 Å². The molecule has 0 aliphatic heterocycles. The van der Waals surface area contributed by atoms with Crippen LogP contribution in [0.2, 0.25) is 0 Å². The topological polar surface area (TPSA) is 0 Å². The lowest BCUT2D eigenvalue weighted by atomic mass is 9.87. The van der Waals surface area contributed by atoms with Gasteiger partial charge in [0.2, 0.25) is 0 Å². The van der Waals surface area contributed by atoms with E-state index in [1.807, 2.05) is 0 Å². The summed E-state index contributed by atoms with van der Waals surface area (Å²) in [4.78, 5) is 0. The maximum Gasteiger partial charge on any atom is -0.0231 e. The molecule has 0 saturated heterocycles. The van der Waals surface area contributed by atoms with Crippen LogP contribution in [0.5, 0.6) is 0 Å². The van der Waals surface area contributed by atoms with Gasteiger partial charge in [0, 0.05) is 0 Å². The molecule has 0 bridgehead atoms. The standard InChI is InChI=1S/C24H48/c1-5-8-11-14-15-18-21-24(20-17-13-10-7-3)22-23(4)19-16-12-9-6-2/h18,21,23-24H,5-17,19-20,22H2,1-4H3. The van der Waals surface area contributed by atoms with Gasteiger partial charge in [0.25, 0.3) is 0 Å². The van der Waals surface area contributed by atoms with Crippen LogP contribution in [0.25, 0.3) is 0 Å². The summed E-state index contributed by atoms with van der Waals surface area (Å²) in [6.45, 7) is 9.40. The maximum absolute atomic E-state index is 2.58. The number of allylic oxidation sites excluding steroid dienone is 2. The molecule has 0 heteroatoms. The van der Waals surface area contributed by atoms with Crippen LogP contribution in [0, 0.1) is 11.8 Å². The smallest absolute Gasteiger partial charge is 0.0231 e. The van der Waals surface area contributed by atoms with E-state index >= 15 is 0 Å². The van der Waals surface area contributed by atoms with Gasteiger partial charge in [-0.3, -0.25) is 0 Å². The summed E-state index contributed by atoms with van der Waals surface area (Å²) in [7, 11) is 0. The minimum atomic E-state index is 0.842. The zero-order chi connectivity index (χ0) is 17.9. The molecule has 144 valence electrons. The first-order valence-electron chi connectivity index (χ1n) is 11.4. The molecule has 24 heavy (non-hydrogen) atoms. The molecule has 0 radical (unpaired) electrons. The Morgan fingerprint density at radius 2 is 1.17 bits per heavy atom. The van der Waals surface area contributed by atoms with E-state index in [0.717, 1.165) is 11.8 Å². The van der Waals surface area contributed by atoms with Gasteiger partial charge < -0.3 is 0 Å². The lowest BCUT2D eigenvalue weighted by Crippen LogP contribution is -2.05. The van der Waals surface area contributed by atoms with Crippen molar-refractivity contribution in [3.63, 3.8) is 0 Å². The minimum Gasteiger partial charge on any atom is -0.0883 e. The second-order valence-corrected chi connectivity index (χ2v) is 8.08. The number of rotatable bonds is 18. The highest BCUT2D eigenvalue weighted by molar-refractivity contribution is 4.89. The molecular weight excluding hydrogens is 288 g/mol. The van der Waals surface area contributed by atoms with Gasteiger partial charge >= 0.3 is 0 Å². The van der Waals surface area contributed by atoms with Crippen molar-refractivity contribution in [2.45, 2.75) is 130 Å². The first-order valence-corrected chi connectivity index (χ1v) is 11.4. The van der Waals surface area contributed by atoms with Crippen molar-refractivity contribution in [2.75, 3.05) is 0 Å². The summed E-state index contributed by atoms with van der Waals surface area (Å²) in [5.41, 5.74) is 0. The highest BCUT2D eigenvalue weighted by atomic mass is 14.2. The Hall–Kier alpha value is -0.260.